The summed E-state index contributed by atoms with van der Waals surface area (Å²) in [4.78, 5) is 97.6. The first-order valence-electron chi connectivity index (χ1n) is 41.8. The van der Waals surface area contributed by atoms with Crippen LogP contribution in [0.2, 0.25) is 0 Å². The van der Waals surface area contributed by atoms with Crippen molar-refractivity contribution in [1.82, 2.24) is 44.5 Å². The predicted molar refractivity (Wildman–Crippen MR) is 422 cm³/mol. The zero-order valence-electron chi connectivity index (χ0n) is 71.0. The SMILES string of the molecule is COc1cnc(-c2nnc(C[C@@]34CC[C@]5(C)[C@H](CCC6[C@@]7(C)CC[C@H](OC(=O)CC(C)(Cc8nc(-c9nnc(C[C@@]%10%11CC[C@]%12(C)[C@H](CCC%13[C@@](C)(CC[C@H](OC(=O)CC(C)(C)C(=O)O)C(C)(C)C)CCC[C@]%13%12C)C%10=C(C(C)C)C(=O)C%11)n9C)ccc8OC)C(=O)O)C(C)(C)C7CC[C@]65C)C3=C(C(C)C)C(=O)C4)n2C)nc1. The summed E-state index contributed by atoms with van der Waals surface area (Å²) in [6.45, 7) is 39.5. The summed E-state index contributed by atoms with van der Waals surface area (Å²) in [5.41, 5.74) is 0.785. The number of hydrogen-bond acceptors (Lipinski definition) is 17. The number of carbonyl (C=O) groups is 6. The Morgan fingerprint density at radius 2 is 1.14 bits per heavy atom. The number of esters is 2. The summed E-state index contributed by atoms with van der Waals surface area (Å²) in [5.74, 6) is 2.94. The van der Waals surface area contributed by atoms with E-state index in [1.54, 1.807) is 46.3 Å². The lowest BCUT2D eigenvalue weighted by Crippen LogP contribution is -2.65. The van der Waals surface area contributed by atoms with Crippen LogP contribution in [-0.2, 0) is 71.6 Å². The Bertz CT molecular complexity index is 4430. The number of hydrogen-bond donors (Lipinski definition) is 2. The number of carboxylic acid groups (broad SMARTS) is 2. The van der Waals surface area contributed by atoms with Crippen molar-refractivity contribution >= 4 is 35.4 Å². The highest BCUT2D eigenvalue weighted by Crippen LogP contribution is 2.78. The van der Waals surface area contributed by atoms with Gasteiger partial charge in [0.2, 0.25) is 5.82 Å². The number of carboxylic acids is 2. The molecule has 0 aliphatic heterocycles. The molecule has 0 amide bonds. The topological polar surface area (TPSA) is 280 Å². The summed E-state index contributed by atoms with van der Waals surface area (Å²) in [6.07, 6.45) is 19.9. The van der Waals surface area contributed by atoms with Crippen molar-refractivity contribution in [3.05, 3.63) is 64.2 Å². The molecule has 7 saturated carbocycles. The Hall–Kier alpha value is -7.19. The molecule has 0 spiro atoms. The molecule has 111 heavy (non-hydrogen) atoms. The summed E-state index contributed by atoms with van der Waals surface area (Å²) in [6, 6.07) is 3.61. The highest BCUT2D eigenvalue weighted by molar-refractivity contribution is 6.01. The van der Waals surface area contributed by atoms with Gasteiger partial charge in [-0.25, -0.2) is 15.0 Å². The first-order valence-corrected chi connectivity index (χ1v) is 41.8. The van der Waals surface area contributed by atoms with Gasteiger partial charge in [0.05, 0.1) is 56.0 Å². The molecule has 4 unspecified atom stereocenters. The molecule has 16 atom stereocenters. The van der Waals surface area contributed by atoms with E-state index in [2.05, 4.69) is 119 Å². The first kappa shape index (κ1) is 81.8. The second-order valence-corrected chi connectivity index (χ2v) is 41.3. The van der Waals surface area contributed by atoms with Gasteiger partial charge in [-0.1, -0.05) is 121 Å². The van der Waals surface area contributed by atoms with E-state index in [0.717, 1.165) is 119 Å². The van der Waals surface area contributed by atoms with Crippen LogP contribution >= 0.6 is 0 Å². The van der Waals surface area contributed by atoms with Gasteiger partial charge >= 0.3 is 23.9 Å². The van der Waals surface area contributed by atoms with E-state index in [1.165, 1.54) is 18.3 Å². The summed E-state index contributed by atoms with van der Waals surface area (Å²) in [5, 5.41) is 40.2. The Morgan fingerprint density at radius 3 is 1.68 bits per heavy atom. The van der Waals surface area contributed by atoms with Crippen molar-refractivity contribution < 1.29 is 57.9 Å². The molecule has 9 aliphatic rings. The standard InChI is InChI=1S/C90H129N9O12/c1-51(2)70-58(100)43-89(40-38-85(15)54(72(70)89)24-28-62-82(12,33-23-34-87(62,85)17)35-31-64(79(5,6)7)110-68(102)47-80(8,9)77(104)105)45-66-94-96-75(98(66)19)56-26-27-60(109-22)57(93-56)42-83(13,78(106)107)48-69(103)111-65-32-36-84(14)61(81(65,10)11)30-37-88(18)63(84)29-25-55-73-71(52(3)4)59(101)44-90(73,41-39-86(55,88)16)46-67-95-97-76(99(67)20)74-91-49-53(108-21)50-92-74/h26-27,49-52,54-55,61-65H,23-25,28-48H2,1-22H3,(H,104,105)(H,106,107)/t54-,55-,61?,62?,63?,64+,65+,82-,83?,84+,85-,86-,87-,88-,89+,90+/m1/s1. The van der Waals surface area contributed by atoms with Crippen molar-refractivity contribution in [1.29, 1.82) is 0 Å². The number of fused-ring (bicyclic) bond motifs is 12. The maximum atomic E-state index is 14.8. The number of nitrogens with zero attached hydrogens (tertiary/aromatic N) is 9. The number of rotatable bonds is 23. The Kier molecular flexibility index (Phi) is 20.9. The van der Waals surface area contributed by atoms with E-state index >= 15 is 0 Å². The Balaban J connectivity index is 0.690. The van der Waals surface area contributed by atoms with Gasteiger partial charge in [-0.05, 0) is 226 Å². The molecule has 0 saturated heterocycles. The molecule has 7 fully saturated rings. The summed E-state index contributed by atoms with van der Waals surface area (Å²) >= 11 is 0. The fraction of sp³-hybridized carbons (Fsp3) is 0.744. The average Bonchev–Trinajstić information content (AvgIpc) is 1.67. The monoisotopic (exact) mass is 1530 g/mol. The molecule has 0 aromatic carbocycles. The molecule has 4 aromatic rings. The predicted octanol–water partition coefficient (Wildman–Crippen LogP) is 17.4. The number of ether oxygens (including phenoxy) is 4. The van der Waals surface area contributed by atoms with Crippen molar-refractivity contribution in [3.8, 4) is 34.7 Å². The van der Waals surface area contributed by atoms with Crippen LogP contribution in [-0.4, -0.2) is 117 Å². The quantitative estimate of drug-likeness (QED) is 0.0653. The third-order valence-corrected chi connectivity index (χ3v) is 32.7. The molecule has 21 heteroatoms. The van der Waals surface area contributed by atoms with Gasteiger partial charge in [0.15, 0.2) is 29.0 Å². The number of aromatic nitrogens is 9. The molecule has 4 aromatic heterocycles. The average molecular weight is 1530 g/mol. The normalized spacial score (nSPS) is 33.9. The molecular weight excluding hydrogens is 1400 g/mol. The fourth-order valence-corrected chi connectivity index (χ4v) is 26.2. The smallest absolute Gasteiger partial charge is 0.310 e. The number of carbonyl (C=O) groups excluding carboxylic acids is 4. The van der Waals surface area contributed by atoms with Crippen LogP contribution in [0.5, 0.6) is 11.5 Å². The number of ketones is 2. The largest absolute Gasteiger partial charge is 0.495 e. The van der Waals surface area contributed by atoms with E-state index in [1.807, 2.05) is 29.3 Å². The number of pyridine rings is 1. The van der Waals surface area contributed by atoms with Crippen molar-refractivity contribution in [2.75, 3.05) is 14.2 Å². The van der Waals surface area contributed by atoms with Crippen molar-refractivity contribution in [2.45, 2.75) is 291 Å². The molecule has 9 aliphatic carbocycles. The minimum absolute atomic E-state index is 0.0262. The maximum absolute atomic E-state index is 14.8. The fourth-order valence-electron chi connectivity index (χ4n) is 26.2. The van der Waals surface area contributed by atoms with Crippen molar-refractivity contribution in [2.24, 2.45) is 121 Å². The highest BCUT2D eigenvalue weighted by Gasteiger charge is 2.72. The number of aliphatic carboxylic acids is 2. The zero-order valence-corrected chi connectivity index (χ0v) is 71.0. The molecular formula is C90H129N9O12. The van der Waals surface area contributed by atoms with Gasteiger partial charge in [0, 0.05) is 62.4 Å². The number of methoxy groups -OCH3 is 2. The molecule has 4 heterocycles. The van der Waals surface area contributed by atoms with Crippen LogP contribution in [0.1, 0.15) is 277 Å². The lowest BCUT2D eigenvalue weighted by molar-refractivity contribution is -0.233. The number of allylic oxidation sites excluding steroid dienone is 4. The molecule has 13 rings (SSSR count). The van der Waals surface area contributed by atoms with Crippen LogP contribution in [0.15, 0.2) is 46.8 Å². The van der Waals surface area contributed by atoms with E-state index in [9.17, 15) is 39.0 Å². The van der Waals surface area contributed by atoms with E-state index in [-0.39, 0.29) is 110 Å². The van der Waals surface area contributed by atoms with E-state index in [4.69, 9.17) is 39.2 Å². The highest BCUT2D eigenvalue weighted by atomic mass is 16.5. The van der Waals surface area contributed by atoms with Crippen molar-refractivity contribution in [3.63, 3.8) is 0 Å². The lowest BCUT2D eigenvalue weighted by Gasteiger charge is -2.72. The third-order valence-electron chi connectivity index (χ3n) is 32.7. The van der Waals surface area contributed by atoms with Gasteiger partial charge in [0.1, 0.15) is 35.3 Å². The Morgan fingerprint density at radius 1 is 0.595 bits per heavy atom. The molecule has 2 N–H and O–H groups in total. The van der Waals surface area contributed by atoms with Gasteiger partial charge in [-0.3, -0.25) is 28.8 Å². The van der Waals surface area contributed by atoms with Gasteiger partial charge in [-0.2, -0.15) is 0 Å². The second-order valence-electron chi connectivity index (χ2n) is 41.3. The van der Waals surface area contributed by atoms with Gasteiger partial charge in [0.25, 0.3) is 0 Å². The van der Waals surface area contributed by atoms with Gasteiger partial charge < -0.3 is 38.3 Å². The van der Waals surface area contributed by atoms with Crippen LogP contribution in [0.25, 0.3) is 23.2 Å². The Labute approximate surface area is 659 Å². The van der Waals surface area contributed by atoms with Gasteiger partial charge in [-0.15, -0.1) is 20.4 Å². The summed E-state index contributed by atoms with van der Waals surface area (Å²) in [7, 11) is 7.05. The molecule has 0 radical (unpaired) electrons. The lowest BCUT2D eigenvalue weighted by atomic mass is 9.33. The third kappa shape index (κ3) is 13.3. The van der Waals surface area contributed by atoms with E-state index < -0.39 is 51.6 Å². The minimum atomic E-state index is -1.63. The molecule has 606 valence electrons. The van der Waals surface area contributed by atoms with E-state index in [0.29, 0.717) is 90.7 Å². The van der Waals surface area contributed by atoms with Crippen LogP contribution in [0, 0.1) is 106 Å². The minimum Gasteiger partial charge on any atom is -0.495 e. The zero-order chi connectivity index (χ0) is 80.9. The second kappa shape index (κ2) is 28.4. The number of Topliss-reactive ketones (excluding diaryl/α,β-unsaturated/α-hetero) is 2. The first-order chi connectivity index (χ1) is 51.8. The van der Waals surface area contributed by atoms with Crippen LogP contribution < -0.4 is 9.47 Å². The van der Waals surface area contributed by atoms with Crippen LogP contribution in [0.4, 0.5) is 0 Å². The molecule has 21 nitrogen and oxygen atoms in total. The molecule has 0 bridgehead atoms. The van der Waals surface area contributed by atoms with Crippen LogP contribution in [0.3, 0.4) is 0 Å². The maximum Gasteiger partial charge on any atom is 0.310 e. The summed E-state index contributed by atoms with van der Waals surface area (Å²) < 4.78 is 28.1.